The summed E-state index contributed by atoms with van der Waals surface area (Å²) in [7, 11) is 0. The van der Waals surface area contributed by atoms with Crippen LogP contribution in [0.15, 0.2) is 72.2 Å². The molecule has 1 aromatic heterocycles. The van der Waals surface area contributed by atoms with Crippen molar-refractivity contribution in [1.29, 1.82) is 5.26 Å². The highest BCUT2D eigenvalue weighted by molar-refractivity contribution is 7.13. The van der Waals surface area contributed by atoms with Crippen LogP contribution in [-0.4, -0.2) is 138 Å². The standard InChI is InChI=1S/C57H71F3N8O7S/c1-34-47(76-33-62-34)37-17-15-36(16-18-37)46(40-31-74-32-40)64-50(72)44-26-41(69)29-68(44)51(73)48(54(2,3)4)63-45(70)30-67-24-22-66(23-25-67)21-9-10-35-11-13-38(14-12-35)49(71)65-52-55(5,6)53(56(52,7)8)75-42-20-19-39(28-61)43(27-42)57(58,59)60/h11-20,27,33,40-41,44,46,48,52-53,69H,9-10,21-26,29-32H2,1-8H3,(H,63,70)(H,64,72)(H,65,71)/t41-,44+,46-,48-,52-,53-/m1/s1. The molecule has 3 aromatic carbocycles. The van der Waals surface area contributed by atoms with E-state index < -0.39 is 63.7 Å². The van der Waals surface area contributed by atoms with E-state index >= 15 is 0 Å². The molecular formula is C57H71F3N8O7S. The molecule has 0 unspecified atom stereocenters. The van der Waals surface area contributed by atoms with Crippen molar-refractivity contribution in [3.8, 4) is 22.3 Å². The van der Waals surface area contributed by atoms with Crippen molar-refractivity contribution in [3.05, 3.63) is 106 Å². The molecule has 4 N–H and O–H groups in total. The first-order chi connectivity index (χ1) is 35.8. The third kappa shape index (κ3) is 12.4. The Balaban J connectivity index is 0.777. The maximum Gasteiger partial charge on any atom is 0.417 e. The molecule has 1 saturated carbocycles. The number of aliphatic hydroxyl groups is 1. The van der Waals surface area contributed by atoms with Crippen molar-refractivity contribution in [2.45, 2.75) is 117 Å². The van der Waals surface area contributed by atoms with Gasteiger partial charge in [-0.05, 0) is 78.7 Å². The average Bonchev–Trinajstić information content (AvgIpc) is 3.98. The number of likely N-dealkylation sites (tertiary alicyclic amines) is 1. The fraction of sp³-hybridized carbons (Fsp3) is 0.544. The van der Waals surface area contributed by atoms with Crippen molar-refractivity contribution in [1.82, 2.24) is 35.6 Å². The molecule has 408 valence electrons. The number of amides is 4. The van der Waals surface area contributed by atoms with E-state index in [0.29, 0.717) is 31.9 Å². The average molecular weight is 1070 g/mol. The molecule has 4 aromatic rings. The van der Waals surface area contributed by atoms with Gasteiger partial charge in [0, 0.05) is 67.5 Å². The molecule has 15 nitrogen and oxygen atoms in total. The lowest BCUT2D eigenvalue weighted by molar-refractivity contribution is -0.164. The second kappa shape index (κ2) is 22.6. The summed E-state index contributed by atoms with van der Waals surface area (Å²) < 4.78 is 52.6. The van der Waals surface area contributed by atoms with Gasteiger partial charge < -0.3 is 40.3 Å². The van der Waals surface area contributed by atoms with E-state index in [1.54, 1.807) is 29.5 Å². The van der Waals surface area contributed by atoms with Gasteiger partial charge in [0.05, 0.1) is 65.2 Å². The molecule has 4 atom stereocenters. The number of thiazole rings is 1. The number of benzene rings is 3. The number of aryl methyl sites for hydroxylation is 2. The van der Waals surface area contributed by atoms with Crippen LogP contribution in [-0.2, 0) is 31.7 Å². The number of β-amino-alcohol motifs (C(OH)–C–C–N with tert-alkyl or cyclic N) is 1. The van der Waals surface area contributed by atoms with Gasteiger partial charge in [0.2, 0.25) is 17.7 Å². The van der Waals surface area contributed by atoms with Crippen LogP contribution < -0.4 is 20.7 Å². The lowest BCUT2D eigenvalue weighted by Crippen LogP contribution is -2.74. The molecule has 19 heteroatoms. The van der Waals surface area contributed by atoms with Gasteiger partial charge in [-0.1, -0.05) is 84.9 Å². The predicted octanol–water partition coefficient (Wildman–Crippen LogP) is 7.17. The summed E-state index contributed by atoms with van der Waals surface area (Å²) >= 11 is 1.57. The van der Waals surface area contributed by atoms with Gasteiger partial charge in [0.25, 0.3) is 5.91 Å². The summed E-state index contributed by atoms with van der Waals surface area (Å²) in [6.45, 7) is 20.0. The summed E-state index contributed by atoms with van der Waals surface area (Å²) in [5, 5.41) is 29.4. The van der Waals surface area contributed by atoms with Gasteiger partial charge in [-0.2, -0.15) is 18.4 Å². The van der Waals surface area contributed by atoms with E-state index in [1.165, 1.54) is 11.0 Å². The maximum atomic E-state index is 14.4. The normalized spacial score (nSPS) is 22.6. The van der Waals surface area contributed by atoms with Crippen molar-refractivity contribution in [2.75, 3.05) is 59.0 Å². The van der Waals surface area contributed by atoms with E-state index in [4.69, 9.17) is 9.47 Å². The Morgan fingerprint density at radius 2 is 1.59 bits per heavy atom. The Morgan fingerprint density at radius 1 is 0.934 bits per heavy atom. The first kappa shape index (κ1) is 56.3. The van der Waals surface area contributed by atoms with Crippen LogP contribution in [0.4, 0.5) is 13.2 Å². The molecule has 4 fully saturated rings. The second-order valence-corrected chi connectivity index (χ2v) is 24.1. The Morgan fingerprint density at radius 3 is 2.17 bits per heavy atom. The van der Waals surface area contributed by atoms with Gasteiger partial charge in [0.15, 0.2) is 0 Å². The molecule has 0 spiro atoms. The molecule has 8 rings (SSSR count). The third-order valence-electron chi connectivity index (χ3n) is 15.8. The maximum absolute atomic E-state index is 14.4. The summed E-state index contributed by atoms with van der Waals surface area (Å²) in [6.07, 6.45) is -4.36. The van der Waals surface area contributed by atoms with E-state index in [1.807, 2.05) is 97.3 Å². The summed E-state index contributed by atoms with van der Waals surface area (Å²) in [5.41, 5.74) is 2.84. The monoisotopic (exact) mass is 1070 g/mol. The van der Waals surface area contributed by atoms with E-state index in [9.17, 15) is 42.7 Å². The molecule has 4 heterocycles. The van der Waals surface area contributed by atoms with Crippen LogP contribution in [0, 0.1) is 40.4 Å². The molecule has 4 amide bonds. The van der Waals surface area contributed by atoms with Gasteiger partial charge in [-0.25, -0.2) is 4.98 Å². The highest BCUT2D eigenvalue weighted by Crippen LogP contribution is 2.56. The largest absolute Gasteiger partial charge is 0.489 e. The smallest absolute Gasteiger partial charge is 0.417 e. The first-order valence-corrected chi connectivity index (χ1v) is 27.0. The Hall–Kier alpha value is -5.91. The highest BCUT2D eigenvalue weighted by atomic mass is 32.1. The van der Waals surface area contributed by atoms with Gasteiger partial charge in [-0.15, -0.1) is 11.3 Å². The van der Waals surface area contributed by atoms with Crippen LogP contribution in [0.3, 0.4) is 0 Å². The number of hydrogen-bond acceptors (Lipinski definition) is 12. The number of rotatable bonds is 17. The number of nitrogens with one attached hydrogen (secondary N) is 3. The van der Waals surface area contributed by atoms with Crippen LogP contribution in [0.1, 0.15) is 106 Å². The summed E-state index contributed by atoms with van der Waals surface area (Å²) in [5.74, 6) is -1.26. The minimum atomic E-state index is -4.71. The van der Waals surface area contributed by atoms with Crippen molar-refractivity contribution in [2.24, 2.45) is 22.2 Å². The first-order valence-electron chi connectivity index (χ1n) is 26.1. The van der Waals surface area contributed by atoms with Crippen LogP contribution >= 0.6 is 11.3 Å². The Labute approximate surface area is 447 Å². The Kier molecular flexibility index (Phi) is 16.7. The fourth-order valence-corrected chi connectivity index (χ4v) is 12.5. The molecule has 76 heavy (non-hydrogen) atoms. The van der Waals surface area contributed by atoms with Crippen LogP contribution in [0.2, 0.25) is 0 Å². The number of piperazine rings is 1. The second-order valence-electron chi connectivity index (χ2n) is 23.2. The number of aromatic nitrogens is 1. The van der Waals surface area contributed by atoms with Gasteiger partial charge in [-0.3, -0.25) is 24.1 Å². The van der Waals surface area contributed by atoms with Gasteiger partial charge in [0.1, 0.15) is 23.9 Å². The summed E-state index contributed by atoms with van der Waals surface area (Å²) in [6, 6.07) is 17.9. The van der Waals surface area contributed by atoms with Crippen LogP contribution in [0.25, 0.3) is 10.4 Å². The quantitative estimate of drug-likeness (QED) is 0.0840. The third-order valence-corrected chi connectivity index (χ3v) is 16.7. The minimum absolute atomic E-state index is 0.00724. The van der Waals surface area contributed by atoms with Crippen LogP contribution in [0.5, 0.6) is 5.75 Å². The number of aliphatic hydroxyl groups excluding tert-OH is 1. The van der Waals surface area contributed by atoms with E-state index in [2.05, 4.69) is 30.7 Å². The number of carbonyl (C=O) groups is 4. The topological polar surface area (TPSA) is 189 Å². The zero-order valence-electron chi connectivity index (χ0n) is 44.6. The molecule has 3 aliphatic heterocycles. The number of ether oxygens (including phenoxy) is 2. The van der Waals surface area contributed by atoms with E-state index in [0.717, 1.165) is 71.9 Å². The molecule has 4 aliphatic rings. The zero-order valence-corrected chi connectivity index (χ0v) is 45.4. The van der Waals surface area contributed by atoms with Crippen molar-refractivity contribution in [3.63, 3.8) is 0 Å². The number of alkyl halides is 3. The van der Waals surface area contributed by atoms with Crippen molar-refractivity contribution < 1.29 is 46.9 Å². The number of nitrogens with zero attached hydrogens (tertiary/aromatic N) is 5. The number of halogens is 3. The zero-order chi connectivity index (χ0) is 54.9. The molecule has 3 saturated heterocycles. The Bertz CT molecular complexity index is 2760. The summed E-state index contributed by atoms with van der Waals surface area (Å²) in [4.78, 5) is 67.1. The fourth-order valence-electron chi connectivity index (χ4n) is 11.7. The SMILES string of the molecule is Cc1ncsc1-c1ccc([C@@H](NC(=O)[C@@H]2C[C@@H](O)CN2C(=O)[C@@H](NC(=O)CN2CCN(CCCc3ccc(C(=O)N[C@H]4C(C)(C)[C@H](Oc5ccc(C#N)c(C(F)(F)F)c5)C4(C)C)cc3)CC2)C(C)(C)C)C2COC2)cc1. The lowest BCUT2D eigenvalue weighted by atomic mass is 9.49. The predicted molar refractivity (Wildman–Crippen MR) is 282 cm³/mol. The van der Waals surface area contributed by atoms with Gasteiger partial charge >= 0.3 is 6.18 Å². The number of carbonyl (C=O) groups excluding carboxylic acids is 4. The van der Waals surface area contributed by atoms with E-state index in [-0.39, 0.29) is 61.0 Å². The molecule has 1 aliphatic carbocycles. The molecule has 0 bridgehead atoms. The van der Waals surface area contributed by atoms with Crippen molar-refractivity contribution >= 4 is 35.0 Å². The highest BCUT2D eigenvalue weighted by Gasteiger charge is 2.64. The molecule has 0 radical (unpaired) electrons. The lowest BCUT2D eigenvalue weighted by Gasteiger charge is -2.63. The minimum Gasteiger partial charge on any atom is -0.489 e. The molecular weight excluding hydrogens is 998 g/mol. The number of nitriles is 1. The number of hydrogen-bond donors (Lipinski definition) is 4.